The van der Waals surface area contributed by atoms with Gasteiger partial charge in [0.05, 0.1) is 12.2 Å². The normalized spacial score (nSPS) is 10.0. The summed E-state index contributed by atoms with van der Waals surface area (Å²) in [6, 6.07) is 0. The van der Waals surface area contributed by atoms with Crippen molar-refractivity contribution in [1.29, 1.82) is 0 Å². The summed E-state index contributed by atoms with van der Waals surface area (Å²) in [6.07, 6.45) is 0. The number of carbonyl (C=O) groups excluding carboxylic acids is 2. The molecule has 1 aromatic rings. The lowest BCUT2D eigenvalue weighted by Gasteiger charge is -2.08. The van der Waals surface area contributed by atoms with Crippen molar-refractivity contribution >= 4 is 35.0 Å². The monoisotopic (exact) mass is 298 g/mol. The van der Waals surface area contributed by atoms with Crippen LogP contribution >= 0.6 is 12.2 Å². The Kier molecular flexibility index (Phi) is 5.69. The molecule has 0 fully saturated rings. The lowest BCUT2D eigenvalue weighted by molar-refractivity contribution is 0.0524. The number of thiocarbonyl (C=S) groups is 1. The first kappa shape index (κ1) is 16.2. The zero-order valence-corrected chi connectivity index (χ0v) is 12.8. The topological polar surface area (TPSA) is 80.6 Å². The number of rotatable bonds is 5. The third-order valence-corrected chi connectivity index (χ3v) is 2.73. The Bertz CT molecular complexity index is 537. The third-order valence-electron chi connectivity index (χ3n) is 2.48. The van der Waals surface area contributed by atoms with Gasteiger partial charge >= 0.3 is 5.97 Å². The fourth-order valence-electron chi connectivity index (χ4n) is 1.76. The SMILES string of the molecule is CCNC(=S)Nc1oc(C)c(C(C)=O)c1C(=O)OCC. The molecule has 2 N–H and O–H groups in total. The minimum Gasteiger partial charge on any atom is -0.462 e. The standard InChI is InChI=1S/C13H18N2O4S/c1-5-14-13(20)15-11-10(12(17)18-6-2)9(7(3)16)8(4)19-11/h5-6H2,1-4H3,(H2,14,15,20). The van der Waals surface area contributed by atoms with Gasteiger partial charge in [0.2, 0.25) is 5.88 Å². The fraction of sp³-hybridized carbons (Fsp3) is 0.462. The number of carbonyl (C=O) groups is 2. The lowest BCUT2D eigenvalue weighted by atomic mass is 10.1. The summed E-state index contributed by atoms with van der Waals surface area (Å²) < 4.78 is 10.4. The van der Waals surface area contributed by atoms with Crippen LogP contribution in [-0.2, 0) is 4.74 Å². The molecule has 0 aliphatic carbocycles. The van der Waals surface area contributed by atoms with Crippen LogP contribution in [0.1, 0.15) is 47.2 Å². The smallest absolute Gasteiger partial charge is 0.344 e. The van der Waals surface area contributed by atoms with Gasteiger partial charge in [-0.1, -0.05) is 0 Å². The van der Waals surface area contributed by atoms with Crippen LogP contribution in [-0.4, -0.2) is 30.0 Å². The number of hydrogen-bond donors (Lipinski definition) is 2. The van der Waals surface area contributed by atoms with Crippen molar-refractivity contribution in [2.45, 2.75) is 27.7 Å². The summed E-state index contributed by atoms with van der Waals surface area (Å²) in [6.45, 7) is 7.38. The van der Waals surface area contributed by atoms with Gasteiger partial charge in [-0.25, -0.2) is 4.79 Å². The molecule has 0 unspecified atom stereocenters. The Morgan fingerprint density at radius 3 is 2.45 bits per heavy atom. The van der Waals surface area contributed by atoms with E-state index in [1.54, 1.807) is 13.8 Å². The number of ketones is 1. The van der Waals surface area contributed by atoms with Crippen LogP contribution in [0.5, 0.6) is 0 Å². The van der Waals surface area contributed by atoms with Crippen molar-refractivity contribution < 1.29 is 18.7 Å². The first-order valence-electron chi connectivity index (χ1n) is 6.28. The molecule has 0 atom stereocenters. The molecule has 6 nitrogen and oxygen atoms in total. The van der Waals surface area contributed by atoms with Crippen molar-refractivity contribution in [3.05, 3.63) is 16.9 Å². The molecular weight excluding hydrogens is 280 g/mol. The molecule has 20 heavy (non-hydrogen) atoms. The Morgan fingerprint density at radius 2 is 1.95 bits per heavy atom. The summed E-state index contributed by atoms with van der Waals surface area (Å²) in [7, 11) is 0. The van der Waals surface area contributed by atoms with E-state index in [2.05, 4.69) is 10.6 Å². The molecule has 0 spiro atoms. The molecule has 0 radical (unpaired) electrons. The van der Waals surface area contributed by atoms with E-state index in [0.29, 0.717) is 17.4 Å². The predicted octanol–water partition coefficient (Wildman–Crippen LogP) is 2.27. The minimum atomic E-state index is -0.614. The zero-order chi connectivity index (χ0) is 15.3. The van der Waals surface area contributed by atoms with E-state index in [0.717, 1.165) is 0 Å². The van der Waals surface area contributed by atoms with Gasteiger partial charge in [0.1, 0.15) is 11.3 Å². The number of Topliss-reactive ketones (excluding diaryl/α,β-unsaturated/α-hetero) is 1. The Labute approximate surface area is 122 Å². The summed E-state index contributed by atoms with van der Waals surface area (Å²) in [5.74, 6) is -0.410. The highest BCUT2D eigenvalue weighted by Crippen LogP contribution is 2.28. The van der Waals surface area contributed by atoms with Gasteiger partial charge in [-0.15, -0.1) is 0 Å². The van der Waals surface area contributed by atoms with E-state index in [1.165, 1.54) is 6.92 Å². The quantitative estimate of drug-likeness (QED) is 0.490. The van der Waals surface area contributed by atoms with Gasteiger partial charge in [0, 0.05) is 6.54 Å². The number of furan rings is 1. The van der Waals surface area contributed by atoms with Gasteiger partial charge in [-0.3, -0.25) is 4.79 Å². The number of nitrogens with one attached hydrogen (secondary N) is 2. The fourth-order valence-corrected chi connectivity index (χ4v) is 2.00. The van der Waals surface area contributed by atoms with Gasteiger partial charge in [-0.05, 0) is 39.9 Å². The molecule has 0 bridgehead atoms. The predicted molar refractivity (Wildman–Crippen MR) is 79.3 cm³/mol. The summed E-state index contributed by atoms with van der Waals surface area (Å²) in [4.78, 5) is 23.7. The van der Waals surface area contributed by atoms with E-state index in [4.69, 9.17) is 21.4 Å². The molecule has 1 rings (SSSR count). The number of anilines is 1. The minimum absolute atomic E-state index is 0.0807. The van der Waals surface area contributed by atoms with E-state index < -0.39 is 5.97 Å². The molecule has 0 saturated heterocycles. The van der Waals surface area contributed by atoms with Crippen molar-refractivity contribution in [1.82, 2.24) is 5.32 Å². The Balaban J connectivity index is 3.23. The maximum absolute atomic E-state index is 12.0. The third kappa shape index (κ3) is 3.57. The molecule has 0 aliphatic heterocycles. The number of hydrogen-bond acceptors (Lipinski definition) is 5. The Morgan fingerprint density at radius 1 is 1.30 bits per heavy atom. The summed E-state index contributed by atoms with van der Waals surface area (Å²) >= 11 is 5.04. The largest absolute Gasteiger partial charge is 0.462 e. The van der Waals surface area contributed by atoms with Gasteiger partial charge in [0.15, 0.2) is 10.9 Å². The molecule has 0 amide bonds. The second-order valence-electron chi connectivity index (χ2n) is 4.00. The second-order valence-corrected chi connectivity index (χ2v) is 4.41. The number of ether oxygens (including phenoxy) is 1. The maximum atomic E-state index is 12.0. The molecular formula is C13H18N2O4S. The van der Waals surface area contributed by atoms with E-state index in [-0.39, 0.29) is 29.4 Å². The van der Waals surface area contributed by atoms with Gasteiger partial charge in [0.25, 0.3) is 0 Å². The van der Waals surface area contributed by atoms with Crippen LogP contribution in [0.3, 0.4) is 0 Å². The molecule has 0 saturated carbocycles. The lowest BCUT2D eigenvalue weighted by Crippen LogP contribution is -2.28. The van der Waals surface area contributed by atoms with Gasteiger partial charge < -0.3 is 19.8 Å². The molecule has 110 valence electrons. The highest BCUT2D eigenvalue weighted by molar-refractivity contribution is 7.80. The molecule has 1 heterocycles. The molecule has 1 aromatic heterocycles. The van der Waals surface area contributed by atoms with Crippen LogP contribution in [0.25, 0.3) is 0 Å². The molecule has 0 aliphatic rings. The van der Waals surface area contributed by atoms with Gasteiger partial charge in [-0.2, -0.15) is 0 Å². The Hall–Kier alpha value is -1.89. The molecule has 7 heteroatoms. The average molecular weight is 298 g/mol. The van der Waals surface area contributed by atoms with Crippen LogP contribution in [0, 0.1) is 6.92 Å². The van der Waals surface area contributed by atoms with E-state index in [1.807, 2.05) is 6.92 Å². The number of aryl methyl sites for hydroxylation is 1. The van der Waals surface area contributed by atoms with Crippen molar-refractivity contribution in [2.24, 2.45) is 0 Å². The van der Waals surface area contributed by atoms with Crippen molar-refractivity contribution in [2.75, 3.05) is 18.5 Å². The summed E-state index contributed by atoms with van der Waals surface area (Å²) in [5.41, 5.74) is 0.294. The average Bonchev–Trinajstić information content (AvgIpc) is 2.66. The van der Waals surface area contributed by atoms with Crippen molar-refractivity contribution in [3.8, 4) is 0 Å². The van der Waals surface area contributed by atoms with Crippen molar-refractivity contribution in [3.63, 3.8) is 0 Å². The zero-order valence-electron chi connectivity index (χ0n) is 12.0. The van der Waals surface area contributed by atoms with E-state index in [9.17, 15) is 9.59 Å². The van der Waals surface area contributed by atoms with Crippen LogP contribution in [0.2, 0.25) is 0 Å². The number of esters is 1. The van der Waals surface area contributed by atoms with Crippen LogP contribution in [0.15, 0.2) is 4.42 Å². The molecule has 0 aromatic carbocycles. The highest BCUT2D eigenvalue weighted by Gasteiger charge is 2.28. The van der Waals surface area contributed by atoms with Crippen LogP contribution < -0.4 is 10.6 Å². The van der Waals surface area contributed by atoms with Crippen LogP contribution in [0.4, 0.5) is 5.88 Å². The first-order chi connectivity index (χ1) is 9.42. The van der Waals surface area contributed by atoms with E-state index >= 15 is 0 Å². The highest BCUT2D eigenvalue weighted by atomic mass is 32.1. The second kappa shape index (κ2) is 7.04. The summed E-state index contributed by atoms with van der Waals surface area (Å²) in [5, 5.41) is 5.95. The first-order valence-corrected chi connectivity index (χ1v) is 6.69. The maximum Gasteiger partial charge on any atom is 0.344 e.